The first-order valence-electron chi connectivity index (χ1n) is 10.9. The van der Waals surface area contributed by atoms with Crippen molar-refractivity contribution in [2.24, 2.45) is 0 Å². The van der Waals surface area contributed by atoms with Gasteiger partial charge in [0.25, 0.3) is 11.8 Å². The van der Waals surface area contributed by atoms with Crippen molar-refractivity contribution in [2.75, 3.05) is 19.0 Å². The first kappa shape index (κ1) is 25.7. The summed E-state index contributed by atoms with van der Waals surface area (Å²) in [4.78, 5) is 52.4. The topological polar surface area (TPSA) is 147 Å². The zero-order chi connectivity index (χ0) is 26.1. The molecule has 10 nitrogen and oxygen atoms in total. The third-order valence-corrected chi connectivity index (χ3v) is 5.52. The molecular weight excluding hydrogens is 454 g/mol. The van der Waals surface area contributed by atoms with Crippen LogP contribution in [0.5, 0.6) is 0 Å². The molecule has 1 aliphatic heterocycles. The molecular formula is C25H29N3O7. The average molecular weight is 484 g/mol. The van der Waals surface area contributed by atoms with Crippen LogP contribution in [-0.2, 0) is 19.1 Å². The molecule has 10 heteroatoms. The van der Waals surface area contributed by atoms with Gasteiger partial charge < -0.3 is 30.2 Å². The minimum Gasteiger partial charge on any atom is -0.478 e. The molecule has 1 aromatic heterocycles. The van der Waals surface area contributed by atoms with Crippen molar-refractivity contribution in [1.82, 2.24) is 10.3 Å². The predicted octanol–water partition coefficient (Wildman–Crippen LogP) is 2.91. The van der Waals surface area contributed by atoms with Crippen LogP contribution in [0, 0.1) is 13.8 Å². The summed E-state index contributed by atoms with van der Waals surface area (Å²) in [6.07, 6.45) is 1.58. The number of H-pyrrole nitrogens is 1. The number of rotatable bonds is 7. The fraction of sp³-hybridized carbons (Fsp3) is 0.360. The number of amides is 2. The normalized spacial score (nSPS) is 14.9. The number of nitrogens with one attached hydrogen (secondary N) is 3. The van der Waals surface area contributed by atoms with Crippen LogP contribution < -0.4 is 10.6 Å². The maximum Gasteiger partial charge on any atom is 0.335 e. The van der Waals surface area contributed by atoms with Crippen LogP contribution in [0.15, 0.2) is 18.2 Å². The van der Waals surface area contributed by atoms with Gasteiger partial charge in [0.2, 0.25) is 0 Å². The highest BCUT2D eigenvalue weighted by Gasteiger charge is 2.29. The van der Waals surface area contributed by atoms with E-state index in [1.54, 1.807) is 19.9 Å². The van der Waals surface area contributed by atoms with Gasteiger partial charge in [-0.25, -0.2) is 9.59 Å². The van der Waals surface area contributed by atoms with Gasteiger partial charge in [0.05, 0.1) is 36.0 Å². The molecule has 4 N–H and O–H groups in total. The van der Waals surface area contributed by atoms with Gasteiger partial charge >= 0.3 is 11.9 Å². The lowest BCUT2D eigenvalue weighted by atomic mass is 10.0. The van der Waals surface area contributed by atoms with E-state index in [2.05, 4.69) is 15.6 Å². The van der Waals surface area contributed by atoms with Gasteiger partial charge in [0, 0.05) is 22.6 Å². The van der Waals surface area contributed by atoms with E-state index >= 15 is 0 Å². The SMILES string of the molecule is COC(=O)[C@H](COC(C)(C)C)NC(=O)c1c(C)[nH]c(/C=C2\C(=O)Nc3ccc(C(=O)O)cc32)c1C. The van der Waals surface area contributed by atoms with Crippen molar-refractivity contribution < 1.29 is 33.8 Å². The van der Waals surface area contributed by atoms with Crippen molar-refractivity contribution in [3.05, 3.63) is 51.8 Å². The Morgan fingerprint density at radius 3 is 2.49 bits per heavy atom. The molecule has 0 radical (unpaired) electrons. The smallest absolute Gasteiger partial charge is 0.335 e. The number of anilines is 1. The number of carbonyl (C=O) groups excluding carboxylic acids is 3. The van der Waals surface area contributed by atoms with Gasteiger partial charge in [0.1, 0.15) is 0 Å². The van der Waals surface area contributed by atoms with E-state index in [4.69, 9.17) is 9.47 Å². The standard InChI is InChI=1S/C25H29N3O7/c1-12-18(10-16-15-9-14(23(31)32)7-8-17(15)27-21(16)29)26-13(2)20(12)22(30)28-19(24(33)34-6)11-35-25(3,4)5/h7-10,19,26H,11H2,1-6H3,(H,27,29)(H,28,30)(H,31,32)/b16-10-/t19-/m0/s1. The van der Waals surface area contributed by atoms with Gasteiger partial charge in [-0.15, -0.1) is 0 Å². The van der Waals surface area contributed by atoms with Crippen molar-refractivity contribution in [3.63, 3.8) is 0 Å². The first-order chi connectivity index (χ1) is 16.3. The summed E-state index contributed by atoms with van der Waals surface area (Å²) in [6, 6.07) is 3.37. The molecule has 1 aromatic carbocycles. The van der Waals surface area contributed by atoms with Crippen molar-refractivity contribution >= 4 is 41.1 Å². The summed E-state index contributed by atoms with van der Waals surface area (Å²) in [5, 5.41) is 14.7. The lowest BCUT2D eigenvalue weighted by Crippen LogP contribution is -2.46. The van der Waals surface area contributed by atoms with Gasteiger partial charge in [-0.1, -0.05) is 0 Å². The predicted molar refractivity (Wildman–Crippen MR) is 129 cm³/mol. The monoisotopic (exact) mass is 483 g/mol. The molecule has 1 atom stereocenters. The Balaban J connectivity index is 1.92. The Morgan fingerprint density at radius 2 is 1.89 bits per heavy atom. The minimum absolute atomic E-state index is 0.0527. The third kappa shape index (κ3) is 5.60. The van der Waals surface area contributed by atoms with E-state index in [0.717, 1.165) is 0 Å². The lowest BCUT2D eigenvalue weighted by Gasteiger charge is -2.24. The highest BCUT2D eigenvalue weighted by molar-refractivity contribution is 6.35. The van der Waals surface area contributed by atoms with Gasteiger partial charge in [-0.2, -0.15) is 0 Å². The largest absolute Gasteiger partial charge is 0.478 e. The number of ether oxygens (including phenoxy) is 2. The molecule has 0 saturated carbocycles. The number of carboxylic acids is 1. The quantitative estimate of drug-likeness (QED) is 0.350. The van der Waals surface area contributed by atoms with Crippen molar-refractivity contribution in [3.8, 4) is 0 Å². The van der Waals surface area contributed by atoms with E-state index in [-0.39, 0.29) is 23.7 Å². The molecule has 3 rings (SSSR count). The molecule has 2 aromatic rings. The van der Waals surface area contributed by atoms with Crippen molar-refractivity contribution in [2.45, 2.75) is 46.3 Å². The molecule has 2 amide bonds. The minimum atomic E-state index is -1.10. The number of hydrogen-bond acceptors (Lipinski definition) is 6. The summed E-state index contributed by atoms with van der Waals surface area (Å²) in [5.41, 5.74) is 2.68. The third-order valence-electron chi connectivity index (χ3n) is 5.52. The molecule has 0 fully saturated rings. The first-order valence-corrected chi connectivity index (χ1v) is 10.9. The van der Waals surface area contributed by atoms with Crippen LogP contribution in [0.25, 0.3) is 11.6 Å². The second kappa shape index (κ2) is 9.75. The summed E-state index contributed by atoms with van der Waals surface area (Å²) in [5.74, 6) is -2.62. The number of aromatic amines is 1. The summed E-state index contributed by atoms with van der Waals surface area (Å²) >= 11 is 0. The number of esters is 1. The van der Waals surface area contributed by atoms with Crippen molar-refractivity contribution in [1.29, 1.82) is 0 Å². The van der Waals surface area contributed by atoms with E-state index < -0.39 is 29.5 Å². The number of hydrogen-bond donors (Lipinski definition) is 4. The summed E-state index contributed by atoms with van der Waals surface area (Å²) in [6.45, 7) is 8.85. The van der Waals surface area contributed by atoms with E-state index in [1.807, 2.05) is 20.8 Å². The Hall–Kier alpha value is -3.92. The number of benzene rings is 1. The van der Waals surface area contributed by atoms with Crippen LogP contribution in [0.1, 0.15) is 64.0 Å². The maximum absolute atomic E-state index is 13.1. The number of carboxylic acid groups (broad SMARTS) is 1. The number of methoxy groups -OCH3 is 1. The molecule has 0 bridgehead atoms. The Labute approximate surface area is 202 Å². The Bertz CT molecular complexity index is 1230. The number of aromatic carboxylic acids is 1. The van der Waals surface area contributed by atoms with E-state index in [9.17, 15) is 24.3 Å². The fourth-order valence-electron chi connectivity index (χ4n) is 3.74. The highest BCUT2D eigenvalue weighted by atomic mass is 16.5. The van der Waals surface area contributed by atoms with Crippen LogP contribution >= 0.6 is 0 Å². The molecule has 0 spiro atoms. The molecule has 0 saturated heterocycles. The Morgan fingerprint density at radius 1 is 1.20 bits per heavy atom. The molecule has 0 unspecified atom stereocenters. The molecule has 0 aliphatic carbocycles. The summed E-state index contributed by atoms with van der Waals surface area (Å²) < 4.78 is 10.5. The second-order valence-electron chi connectivity index (χ2n) is 9.21. The number of aryl methyl sites for hydroxylation is 1. The zero-order valence-corrected chi connectivity index (χ0v) is 20.5. The maximum atomic E-state index is 13.1. The second-order valence-corrected chi connectivity index (χ2v) is 9.21. The molecule has 186 valence electrons. The zero-order valence-electron chi connectivity index (χ0n) is 20.5. The number of fused-ring (bicyclic) bond motifs is 1. The lowest BCUT2D eigenvalue weighted by molar-refractivity contribution is -0.146. The average Bonchev–Trinajstić information content (AvgIpc) is 3.24. The van der Waals surface area contributed by atoms with Crippen LogP contribution in [0.4, 0.5) is 5.69 Å². The highest BCUT2D eigenvalue weighted by Crippen LogP contribution is 2.34. The van der Waals surface area contributed by atoms with Gasteiger partial charge in [0.15, 0.2) is 6.04 Å². The molecule has 1 aliphatic rings. The number of carbonyl (C=O) groups is 4. The van der Waals surface area contributed by atoms with E-state index in [0.29, 0.717) is 33.8 Å². The van der Waals surface area contributed by atoms with Crippen LogP contribution in [-0.4, -0.2) is 59.2 Å². The summed E-state index contributed by atoms with van der Waals surface area (Å²) in [7, 11) is 1.23. The van der Waals surface area contributed by atoms with Gasteiger partial charge in [-0.05, 0) is 64.5 Å². The fourth-order valence-corrected chi connectivity index (χ4v) is 3.74. The van der Waals surface area contributed by atoms with Gasteiger partial charge in [-0.3, -0.25) is 9.59 Å². The molecule has 2 heterocycles. The van der Waals surface area contributed by atoms with E-state index in [1.165, 1.54) is 25.3 Å². The van der Waals surface area contributed by atoms with Crippen LogP contribution in [0.3, 0.4) is 0 Å². The van der Waals surface area contributed by atoms with Crippen LogP contribution in [0.2, 0.25) is 0 Å². The molecule has 35 heavy (non-hydrogen) atoms. The number of aromatic nitrogens is 1. The Kier molecular flexibility index (Phi) is 7.16.